The Hall–Kier alpha value is -0.120. The Balaban J connectivity index is 3.39. The molecule has 15 heavy (non-hydrogen) atoms. The number of hydrogen-bond acceptors (Lipinski definition) is 3. The van der Waals surface area contributed by atoms with Crippen molar-refractivity contribution in [1.29, 1.82) is 0 Å². The molecule has 0 aromatic rings. The van der Waals surface area contributed by atoms with Gasteiger partial charge in [0.1, 0.15) is 0 Å². The Morgan fingerprint density at radius 1 is 0.667 bits per heavy atom. The van der Waals surface area contributed by atoms with Gasteiger partial charge in [-0.3, -0.25) is 0 Å². The standard InChI is InChI=1S/C12H29N3/c1-6-7-8-14(4)11-12-15(5)10-9-13(2)3/h6-12H2,1-5H3. The fourth-order valence-corrected chi connectivity index (χ4v) is 1.36. The first-order chi connectivity index (χ1) is 7.06. The van der Waals surface area contributed by atoms with Gasteiger partial charge in [0.05, 0.1) is 0 Å². The molecule has 3 heteroatoms. The lowest BCUT2D eigenvalue weighted by Crippen LogP contribution is -2.35. The molecule has 0 radical (unpaired) electrons. The van der Waals surface area contributed by atoms with E-state index >= 15 is 0 Å². The molecule has 3 nitrogen and oxygen atoms in total. The second-order valence-electron chi connectivity index (χ2n) is 4.76. The maximum absolute atomic E-state index is 2.43. The van der Waals surface area contributed by atoms with Crippen LogP contribution in [0.5, 0.6) is 0 Å². The summed E-state index contributed by atoms with van der Waals surface area (Å²) in [5, 5.41) is 0. The molecule has 0 aliphatic heterocycles. The molecule has 0 saturated carbocycles. The topological polar surface area (TPSA) is 9.72 Å². The molecular weight excluding hydrogens is 186 g/mol. The van der Waals surface area contributed by atoms with Crippen molar-refractivity contribution < 1.29 is 0 Å². The highest BCUT2D eigenvalue weighted by Crippen LogP contribution is 1.92. The van der Waals surface area contributed by atoms with Gasteiger partial charge < -0.3 is 14.7 Å². The predicted octanol–water partition coefficient (Wildman–Crippen LogP) is 1.21. The second kappa shape index (κ2) is 9.13. The fourth-order valence-electron chi connectivity index (χ4n) is 1.36. The first kappa shape index (κ1) is 14.9. The Kier molecular flexibility index (Phi) is 9.06. The van der Waals surface area contributed by atoms with Crippen LogP contribution in [0.2, 0.25) is 0 Å². The summed E-state index contributed by atoms with van der Waals surface area (Å²) in [4.78, 5) is 7.06. The minimum atomic E-state index is 1.15. The van der Waals surface area contributed by atoms with E-state index in [9.17, 15) is 0 Å². The van der Waals surface area contributed by atoms with Gasteiger partial charge in [-0.25, -0.2) is 0 Å². The molecule has 0 aliphatic carbocycles. The van der Waals surface area contributed by atoms with Crippen molar-refractivity contribution in [3.05, 3.63) is 0 Å². The summed E-state index contributed by atoms with van der Waals surface area (Å²) in [5.74, 6) is 0. The van der Waals surface area contributed by atoms with Gasteiger partial charge in [-0.05, 0) is 41.2 Å². The monoisotopic (exact) mass is 215 g/mol. The van der Waals surface area contributed by atoms with E-state index in [4.69, 9.17) is 0 Å². The van der Waals surface area contributed by atoms with Gasteiger partial charge >= 0.3 is 0 Å². The zero-order valence-corrected chi connectivity index (χ0v) is 11.3. The van der Waals surface area contributed by atoms with E-state index < -0.39 is 0 Å². The summed E-state index contributed by atoms with van der Waals surface area (Å²) < 4.78 is 0. The van der Waals surface area contributed by atoms with Crippen LogP contribution in [-0.2, 0) is 0 Å². The highest BCUT2D eigenvalue weighted by atomic mass is 15.2. The Bertz CT molecular complexity index is 137. The molecule has 0 rings (SSSR count). The Labute approximate surface area is 96.0 Å². The van der Waals surface area contributed by atoms with Gasteiger partial charge in [0, 0.05) is 26.2 Å². The maximum atomic E-state index is 2.43. The molecule has 0 heterocycles. The lowest BCUT2D eigenvalue weighted by atomic mass is 10.3. The van der Waals surface area contributed by atoms with Crippen LogP contribution in [0.4, 0.5) is 0 Å². The van der Waals surface area contributed by atoms with Crippen LogP contribution < -0.4 is 0 Å². The molecular formula is C12H29N3. The molecule has 0 atom stereocenters. The first-order valence-corrected chi connectivity index (χ1v) is 6.08. The highest BCUT2D eigenvalue weighted by Gasteiger charge is 2.01. The van der Waals surface area contributed by atoms with Crippen LogP contribution in [0.3, 0.4) is 0 Å². The first-order valence-electron chi connectivity index (χ1n) is 6.08. The van der Waals surface area contributed by atoms with Crippen LogP contribution in [0.15, 0.2) is 0 Å². The van der Waals surface area contributed by atoms with Crippen LogP contribution in [0.1, 0.15) is 19.8 Å². The van der Waals surface area contributed by atoms with Crippen molar-refractivity contribution in [3.8, 4) is 0 Å². The van der Waals surface area contributed by atoms with Crippen LogP contribution in [0, 0.1) is 0 Å². The number of nitrogens with zero attached hydrogens (tertiary/aromatic N) is 3. The molecule has 0 aliphatic rings. The van der Waals surface area contributed by atoms with Gasteiger partial charge in [0.25, 0.3) is 0 Å². The van der Waals surface area contributed by atoms with E-state index in [2.05, 4.69) is 49.8 Å². The predicted molar refractivity (Wildman–Crippen MR) is 68.5 cm³/mol. The van der Waals surface area contributed by atoms with Crippen molar-refractivity contribution in [1.82, 2.24) is 14.7 Å². The summed E-state index contributed by atoms with van der Waals surface area (Å²) in [5.41, 5.74) is 0. The van der Waals surface area contributed by atoms with Gasteiger partial charge in [-0.1, -0.05) is 13.3 Å². The normalized spacial score (nSPS) is 12.0. The molecule has 0 unspecified atom stereocenters. The van der Waals surface area contributed by atoms with Crippen LogP contribution in [-0.4, -0.2) is 75.6 Å². The SMILES string of the molecule is CCCCN(C)CCN(C)CCN(C)C. The zero-order chi connectivity index (χ0) is 11.7. The number of likely N-dealkylation sites (N-methyl/N-ethyl adjacent to an activating group) is 3. The molecule has 92 valence electrons. The Morgan fingerprint density at radius 2 is 1.13 bits per heavy atom. The number of hydrogen-bond donors (Lipinski definition) is 0. The largest absolute Gasteiger partial charge is 0.308 e. The van der Waals surface area contributed by atoms with E-state index in [1.807, 2.05) is 0 Å². The fraction of sp³-hybridized carbons (Fsp3) is 1.00. The average molecular weight is 215 g/mol. The van der Waals surface area contributed by atoms with E-state index in [0.29, 0.717) is 0 Å². The lowest BCUT2D eigenvalue weighted by molar-refractivity contribution is 0.236. The molecule has 0 N–H and O–H groups in total. The molecule has 0 spiro atoms. The third-order valence-electron chi connectivity index (χ3n) is 2.69. The molecule has 0 aromatic carbocycles. The van der Waals surface area contributed by atoms with Gasteiger partial charge in [0.15, 0.2) is 0 Å². The molecule has 0 bridgehead atoms. The summed E-state index contributed by atoms with van der Waals surface area (Å²) >= 11 is 0. The van der Waals surface area contributed by atoms with Crippen molar-refractivity contribution in [2.75, 3.05) is 60.9 Å². The summed E-state index contributed by atoms with van der Waals surface area (Å²) in [6.07, 6.45) is 2.61. The minimum Gasteiger partial charge on any atom is -0.308 e. The van der Waals surface area contributed by atoms with E-state index in [-0.39, 0.29) is 0 Å². The highest BCUT2D eigenvalue weighted by molar-refractivity contribution is 4.58. The van der Waals surface area contributed by atoms with Crippen LogP contribution in [0.25, 0.3) is 0 Å². The third kappa shape index (κ3) is 10.2. The molecule has 0 amide bonds. The summed E-state index contributed by atoms with van der Waals surface area (Å²) in [6, 6.07) is 0. The van der Waals surface area contributed by atoms with Gasteiger partial charge in [-0.15, -0.1) is 0 Å². The second-order valence-corrected chi connectivity index (χ2v) is 4.76. The van der Waals surface area contributed by atoms with Crippen molar-refractivity contribution in [3.63, 3.8) is 0 Å². The average Bonchev–Trinajstić information content (AvgIpc) is 2.20. The Morgan fingerprint density at radius 3 is 1.60 bits per heavy atom. The molecule has 0 aromatic heterocycles. The minimum absolute atomic E-state index is 1.15. The molecule has 0 saturated heterocycles. The smallest absolute Gasteiger partial charge is 0.0107 e. The summed E-state index contributed by atoms with van der Waals surface area (Å²) in [6.45, 7) is 8.15. The van der Waals surface area contributed by atoms with E-state index in [1.54, 1.807) is 0 Å². The number of rotatable bonds is 9. The lowest BCUT2D eigenvalue weighted by Gasteiger charge is -2.23. The van der Waals surface area contributed by atoms with Gasteiger partial charge in [0.2, 0.25) is 0 Å². The van der Waals surface area contributed by atoms with Crippen molar-refractivity contribution in [2.24, 2.45) is 0 Å². The number of unbranched alkanes of at least 4 members (excludes halogenated alkanes) is 1. The third-order valence-corrected chi connectivity index (χ3v) is 2.69. The van der Waals surface area contributed by atoms with Crippen molar-refractivity contribution >= 4 is 0 Å². The quantitative estimate of drug-likeness (QED) is 0.572. The van der Waals surface area contributed by atoms with Gasteiger partial charge in [-0.2, -0.15) is 0 Å². The van der Waals surface area contributed by atoms with E-state index in [0.717, 1.165) is 13.1 Å². The molecule has 0 fully saturated rings. The summed E-state index contributed by atoms with van der Waals surface area (Å²) in [7, 11) is 8.68. The van der Waals surface area contributed by atoms with Crippen LogP contribution >= 0.6 is 0 Å². The maximum Gasteiger partial charge on any atom is 0.0107 e. The zero-order valence-electron chi connectivity index (χ0n) is 11.3. The van der Waals surface area contributed by atoms with E-state index in [1.165, 1.54) is 32.5 Å². The van der Waals surface area contributed by atoms with Crippen molar-refractivity contribution in [2.45, 2.75) is 19.8 Å².